The summed E-state index contributed by atoms with van der Waals surface area (Å²) in [7, 11) is 0. The molecule has 2 amide bonds. The number of carboxylic acids is 1. The SMILES string of the molecule is CC(C)(C)OC(=O)N1C[C@@H](N(NC2CCC(F)(F)CC2)C(=O)C(C)(C)CO)CC1C(=O)O. The zero-order valence-electron chi connectivity index (χ0n) is 19.4. The normalized spacial score (nSPS) is 24.3. The van der Waals surface area contributed by atoms with Gasteiger partial charge in [0.2, 0.25) is 11.8 Å². The van der Waals surface area contributed by atoms with E-state index in [-0.39, 0.29) is 38.6 Å². The van der Waals surface area contributed by atoms with Crippen LogP contribution in [0.1, 0.15) is 66.7 Å². The van der Waals surface area contributed by atoms with E-state index in [0.717, 1.165) is 4.90 Å². The topological polar surface area (TPSA) is 119 Å². The molecule has 11 heteroatoms. The third-order valence-corrected chi connectivity index (χ3v) is 5.79. The van der Waals surface area contributed by atoms with Crippen molar-refractivity contribution in [1.82, 2.24) is 15.3 Å². The van der Waals surface area contributed by atoms with Crippen LogP contribution in [0.15, 0.2) is 0 Å². The Kier molecular flexibility index (Phi) is 7.76. The molecule has 2 atom stereocenters. The summed E-state index contributed by atoms with van der Waals surface area (Å²) in [6.07, 6.45) is -1.22. The lowest BCUT2D eigenvalue weighted by Gasteiger charge is -2.39. The molecule has 1 saturated carbocycles. The Morgan fingerprint density at radius 1 is 1.16 bits per heavy atom. The van der Waals surface area contributed by atoms with Gasteiger partial charge in [0, 0.05) is 31.8 Å². The molecule has 1 unspecified atom stereocenters. The number of carbonyl (C=O) groups is 3. The number of hydrogen-bond acceptors (Lipinski definition) is 6. The standard InChI is InChI=1S/C21H35F2N3O6/c1-19(2,3)32-18(31)25-11-14(10-15(25)16(28)29)26(17(30)20(4,5)12-27)24-13-6-8-21(22,23)9-7-13/h13-15,24,27H,6-12H2,1-5H3,(H,28,29)/t14-,15?/m0/s1. The average Bonchev–Trinajstić information content (AvgIpc) is 3.11. The Balaban J connectivity index is 2.26. The molecule has 0 aromatic carbocycles. The van der Waals surface area contributed by atoms with Crippen LogP contribution in [0.3, 0.4) is 0 Å². The van der Waals surface area contributed by atoms with E-state index in [1.54, 1.807) is 20.8 Å². The van der Waals surface area contributed by atoms with Gasteiger partial charge in [-0.1, -0.05) is 0 Å². The highest BCUT2D eigenvalue weighted by atomic mass is 19.3. The summed E-state index contributed by atoms with van der Waals surface area (Å²) >= 11 is 0. The summed E-state index contributed by atoms with van der Waals surface area (Å²) < 4.78 is 32.5. The van der Waals surface area contributed by atoms with Crippen LogP contribution < -0.4 is 5.43 Å². The minimum atomic E-state index is -2.74. The number of aliphatic carboxylic acids is 1. The molecule has 0 aromatic rings. The lowest BCUT2D eigenvalue weighted by molar-refractivity contribution is -0.151. The third-order valence-electron chi connectivity index (χ3n) is 5.79. The van der Waals surface area contributed by atoms with Crippen molar-refractivity contribution in [3.05, 3.63) is 0 Å². The number of nitrogens with one attached hydrogen (secondary N) is 1. The van der Waals surface area contributed by atoms with E-state index in [1.165, 1.54) is 18.9 Å². The van der Waals surface area contributed by atoms with Crippen molar-refractivity contribution in [2.75, 3.05) is 13.2 Å². The third kappa shape index (κ3) is 6.50. The van der Waals surface area contributed by atoms with Gasteiger partial charge in [-0.05, 0) is 47.5 Å². The number of hydrazine groups is 1. The van der Waals surface area contributed by atoms with Crippen molar-refractivity contribution in [2.24, 2.45) is 5.41 Å². The lowest BCUT2D eigenvalue weighted by Crippen LogP contribution is -2.59. The first kappa shape index (κ1) is 26.2. The monoisotopic (exact) mass is 463 g/mol. The van der Waals surface area contributed by atoms with Gasteiger partial charge in [0.25, 0.3) is 0 Å². The molecule has 2 aliphatic rings. The number of amides is 2. The molecule has 32 heavy (non-hydrogen) atoms. The van der Waals surface area contributed by atoms with Crippen LogP contribution in [0, 0.1) is 5.41 Å². The highest BCUT2D eigenvalue weighted by Gasteiger charge is 2.47. The first-order valence-corrected chi connectivity index (χ1v) is 10.9. The van der Waals surface area contributed by atoms with Crippen LogP contribution in [0.25, 0.3) is 0 Å². The summed E-state index contributed by atoms with van der Waals surface area (Å²) in [5.41, 5.74) is 0.985. The van der Waals surface area contributed by atoms with Gasteiger partial charge in [0.05, 0.1) is 18.1 Å². The summed E-state index contributed by atoms with van der Waals surface area (Å²) in [6, 6.07) is -2.35. The molecule has 0 aromatic heterocycles. The van der Waals surface area contributed by atoms with E-state index in [1.807, 2.05) is 0 Å². The van der Waals surface area contributed by atoms with Crippen molar-refractivity contribution < 1.29 is 38.1 Å². The molecule has 2 rings (SSSR count). The van der Waals surface area contributed by atoms with Crippen molar-refractivity contribution in [1.29, 1.82) is 0 Å². The number of likely N-dealkylation sites (tertiary alicyclic amines) is 1. The summed E-state index contributed by atoms with van der Waals surface area (Å²) in [4.78, 5) is 38.8. The molecule has 9 nitrogen and oxygen atoms in total. The molecule has 1 aliphatic carbocycles. The zero-order valence-corrected chi connectivity index (χ0v) is 19.4. The first-order valence-electron chi connectivity index (χ1n) is 10.9. The van der Waals surface area contributed by atoms with E-state index >= 15 is 0 Å². The molecular formula is C21H35F2N3O6. The number of carbonyl (C=O) groups excluding carboxylic acids is 2. The molecule has 1 heterocycles. The highest BCUT2D eigenvalue weighted by Crippen LogP contribution is 2.34. The van der Waals surface area contributed by atoms with E-state index in [2.05, 4.69) is 5.43 Å². The number of carboxylic acid groups (broad SMARTS) is 1. The van der Waals surface area contributed by atoms with Crippen LogP contribution in [0.5, 0.6) is 0 Å². The van der Waals surface area contributed by atoms with E-state index in [0.29, 0.717) is 0 Å². The highest BCUT2D eigenvalue weighted by molar-refractivity contribution is 5.84. The van der Waals surface area contributed by atoms with Crippen molar-refractivity contribution in [2.45, 2.75) is 96.4 Å². The second-order valence-corrected chi connectivity index (χ2v) is 10.4. The van der Waals surface area contributed by atoms with Gasteiger partial charge in [-0.2, -0.15) is 0 Å². The number of aliphatic hydroxyl groups is 1. The second-order valence-electron chi connectivity index (χ2n) is 10.4. The summed E-state index contributed by atoms with van der Waals surface area (Å²) in [6.45, 7) is 7.49. The zero-order chi connectivity index (χ0) is 24.5. The second kappa shape index (κ2) is 9.46. The molecule has 2 fully saturated rings. The van der Waals surface area contributed by atoms with Crippen molar-refractivity contribution in [3.63, 3.8) is 0 Å². The number of halogens is 2. The number of ether oxygens (including phenoxy) is 1. The molecule has 184 valence electrons. The number of hydrogen-bond donors (Lipinski definition) is 3. The predicted octanol–water partition coefficient (Wildman–Crippen LogP) is 2.38. The Labute approximate surface area is 187 Å². The first-order chi connectivity index (χ1) is 14.6. The van der Waals surface area contributed by atoms with E-state index in [9.17, 15) is 33.4 Å². The van der Waals surface area contributed by atoms with Crippen LogP contribution in [-0.4, -0.2) is 80.9 Å². The Morgan fingerprint density at radius 3 is 2.19 bits per heavy atom. The Bertz CT molecular complexity index is 715. The molecular weight excluding hydrogens is 428 g/mol. The molecule has 1 saturated heterocycles. The lowest BCUT2D eigenvalue weighted by atomic mass is 9.91. The van der Waals surface area contributed by atoms with Crippen molar-refractivity contribution >= 4 is 18.0 Å². The van der Waals surface area contributed by atoms with Gasteiger partial charge in [0.1, 0.15) is 11.6 Å². The quantitative estimate of drug-likeness (QED) is 0.518. The molecule has 0 spiro atoms. The number of nitrogens with zero attached hydrogens (tertiary/aromatic N) is 2. The number of alkyl halides is 2. The number of aliphatic hydroxyl groups excluding tert-OH is 1. The summed E-state index contributed by atoms with van der Waals surface area (Å²) in [5, 5.41) is 20.6. The van der Waals surface area contributed by atoms with Crippen LogP contribution in [0.4, 0.5) is 13.6 Å². The smallest absolute Gasteiger partial charge is 0.411 e. The van der Waals surface area contributed by atoms with Crippen LogP contribution in [0.2, 0.25) is 0 Å². The maximum atomic E-state index is 13.6. The van der Waals surface area contributed by atoms with Crippen molar-refractivity contribution in [3.8, 4) is 0 Å². The maximum Gasteiger partial charge on any atom is 0.411 e. The average molecular weight is 464 g/mol. The van der Waals surface area contributed by atoms with Gasteiger partial charge >= 0.3 is 12.1 Å². The largest absolute Gasteiger partial charge is 0.480 e. The molecule has 0 bridgehead atoms. The van der Waals surface area contributed by atoms with Gasteiger partial charge in [0.15, 0.2) is 0 Å². The van der Waals surface area contributed by atoms with Gasteiger partial charge < -0.3 is 14.9 Å². The fraction of sp³-hybridized carbons (Fsp3) is 0.857. The summed E-state index contributed by atoms with van der Waals surface area (Å²) in [5.74, 6) is -4.48. The fourth-order valence-corrected chi connectivity index (χ4v) is 3.85. The Hall–Kier alpha value is -2.01. The van der Waals surface area contributed by atoms with Gasteiger partial charge in [-0.15, -0.1) is 0 Å². The molecule has 0 radical (unpaired) electrons. The van der Waals surface area contributed by atoms with Gasteiger partial charge in [-0.3, -0.25) is 14.7 Å². The van der Waals surface area contributed by atoms with E-state index < -0.39 is 59.6 Å². The van der Waals surface area contributed by atoms with Crippen LogP contribution >= 0.6 is 0 Å². The van der Waals surface area contributed by atoms with Crippen LogP contribution in [-0.2, 0) is 14.3 Å². The predicted molar refractivity (Wildman–Crippen MR) is 111 cm³/mol. The maximum absolute atomic E-state index is 13.6. The minimum absolute atomic E-state index is 0.0578. The number of rotatable bonds is 6. The Morgan fingerprint density at radius 2 is 1.72 bits per heavy atom. The fourth-order valence-electron chi connectivity index (χ4n) is 3.85. The molecule has 3 N–H and O–H groups in total. The van der Waals surface area contributed by atoms with Gasteiger partial charge in [-0.25, -0.2) is 23.8 Å². The van der Waals surface area contributed by atoms with E-state index in [4.69, 9.17) is 4.74 Å². The molecule has 1 aliphatic heterocycles. The minimum Gasteiger partial charge on any atom is -0.480 e.